The van der Waals surface area contributed by atoms with Crippen LogP contribution in [0.15, 0.2) is 30.5 Å². The number of carbonyl (C=O) groups excluding carboxylic acids is 2. The summed E-state index contributed by atoms with van der Waals surface area (Å²) in [4.78, 5) is 25.8. The molecule has 3 rings (SSSR count). The fourth-order valence-corrected chi connectivity index (χ4v) is 3.09. The number of hydrogen-bond acceptors (Lipinski definition) is 4. The number of benzene rings is 1. The highest BCUT2D eigenvalue weighted by atomic mass is 16.5. The number of ether oxygens (including phenoxy) is 1. The molecule has 1 atom stereocenters. The summed E-state index contributed by atoms with van der Waals surface area (Å²) in [6, 6.07) is 7.19. The van der Waals surface area contributed by atoms with Gasteiger partial charge in [-0.25, -0.2) is 4.79 Å². The number of methoxy groups -OCH3 is 1. The molecular weight excluding hydrogens is 306 g/mol. The maximum atomic E-state index is 12.5. The van der Waals surface area contributed by atoms with E-state index in [-0.39, 0.29) is 17.8 Å². The normalized spacial score (nSPS) is 16.6. The van der Waals surface area contributed by atoms with Crippen LogP contribution in [0, 0.1) is 0 Å². The molecule has 1 aromatic carbocycles. The van der Waals surface area contributed by atoms with Gasteiger partial charge in [0.05, 0.1) is 18.9 Å². The van der Waals surface area contributed by atoms with Crippen molar-refractivity contribution in [1.82, 2.24) is 15.1 Å². The van der Waals surface area contributed by atoms with E-state index in [9.17, 15) is 9.59 Å². The third-order valence-electron chi connectivity index (χ3n) is 4.45. The monoisotopic (exact) mass is 327 g/mol. The van der Waals surface area contributed by atoms with Crippen molar-refractivity contribution in [3.63, 3.8) is 0 Å². The number of amides is 1. The number of rotatable bonds is 4. The average Bonchev–Trinajstić information content (AvgIpc) is 3.08. The fraction of sp³-hybridized carbons (Fsp3) is 0.389. The highest BCUT2D eigenvalue weighted by molar-refractivity contribution is 5.89. The molecule has 0 saturated carbocycles. The van der Waals surface area contributed by atoms with E-state index in [1.807, 2.05) is 17.0 Å². The minimum Gasteiger partial charge on any atom is -0.465 e. The van der Waals surface area contributed by atoms with Crippen molar-refractivity contribution in [3.8, 4) is 0 Å². The van der Waals surface area contributed by atoms with Crippen molar-refractivity contribution in [3.05, 3.63) is 52.8 Å². The van der Waals surface area contributed by atoms with Crippen LogP contribution in [0.2, 0.25) is 0 Å². The molecule has 6 nitrogen and oxygen atoms in total. The van der Waals surface area contributed by atoms with Gasteiger partial charge in [0.1, 0.15) is 0 Å². The lowest BCUT2D eigenvalue weighted by Crippen LogP contribution is -2.37. The number of fused-ring (bicyclic) bond motifs is 1. The van der Waals surface area contributed by atoms with Gasteiger partial charge in [0.2, 0.25) is 5.91 Å². The number of nitrogens with one attached hydrogen (secondary N) is 1. The largest absolute Gasteiger partial charge is 0.465 e. The van der Waals surface area contributed by atoms with Crippen molar-refractivity contribution >= 4 is 11.9 Å². The zero-order valence-corrected chi connectivity index (χ0v) is 13.9. The first-order chi connectivity index (χ1) is 11.6. The summed E-state index contributed by atoms with van der Waals surface area (Å²) in [6.07, 6.45) is 2.91. The third kappa shape index (κ3) is 3.32. The summed E-state index contributed by atoms with van der Waals surface area (Å²) < 4.78 is 4.68. The zero-order valence-electron chi connectivity index (χ0n) is 13.9. The second-order valence-corrected chi connectivity index (χ2v) is 6.17. The average molecular weight is 327 g/mol. The quantitative estimate of drug-likeness (QED) is 0.874. The Kier molecular flexibility index (Phi) is 4.64. The molecule has 126 valence electrons. The number of esters is 1. The van der Waals surface area contributed by atoms with E-state index < -0.39 is 0 Å². The number of hydrogen-bond donors (Lipinski definition) is 1. The molecule has 1 aromatic heterocycles. The molecule has 0 radical (unpaired) electrons. The summed E-state index contributed by atoms with van der Waals surface area (Å²) in [5, 5.41) is 7.09. The number of nitrogens with zero attached hydrogens (tertiary/aromatic N) is 2. The minimum atomic E-state index is -0.351. The Morgan fingerprint density at radius 3 is 2.79 bits per heavy atom. The third-order valence-corrected chi connectivity index (χ3v) is 4.45. The highest BCUT2D eigenvalue weighted by Gasteiger charge is 2.26. The fourth-order valence-electron chi connectivity index (χ4n) is 3.09. The van der Waals surface area contributed by atoms with Crippen molar-refractivity contribution < 1.29 is 14.3 Å². The lowest BCUT2D eigenvalue weighted by atomic mass is 9.98. The number of H-pyrrole nitrogens is 1. The molecule has 1 N–H and O–H groups in total. The van der Waals surface area contributed by atoms with E-state index in [1.54, 1.807) is 18.3 Å². The van der Waals surface area contributed by atoms with Crippen molar-refractivity contribution in [1.29, 1.82) is 0 Å². The van der Waals surface area contributed by atoms with Crippen LogP contribution in [-0.4, -0.2) is 40.6 Å². The van der Waals surface area contributed by atoms with Crippen molar-refractivity contribution in [2.24, 2.45) is 0 Å². The Balaban J connectivity index is 1.57. The number of aromatic nitrogens is 2. The minimum absolute atomic E-state index is 0.144. The van der Waals surface area contributed by atoms with Gasteiger partial charge in [0.25, 0.3) is 0 Å². The van der Waals surface area contributed by atoms with Gasteiger partial charge >= 0.3 is 5.97 Å². The van der Waals surface area contributed by atoms with Gasteiger partial charge in [0.15, 0.2) is 0 Å². The number of carbonyl (C=O) groups is 2. The number of aromatic amines is 1. The molecule has 0 spiro atoms. The van der Waals surface area contributed by atoms with Crippen LogP contribution in [-0.2, 0) is 22.5 Å². The van der Waals surface area contributed by atoms with E-state index in [1.165, 1.54) is 7.11 Å². The highest BCUT2D eigenvalue weighted by Crippen LogP contribution is 2.26. The molecule has 0 fully saturated rings. The van der Waals surface area contributed by atoms with Gasteiger partial charge in [-0.15, -0.1) is 0 Å². The van der Waals surface area contributed by atoms with E-state index in [0.717, 1.165) is 23.4 Å². The Labute approximate surface area is 140 Å². The Bertz CT molecular complexity index is 736. The Morgan fingerprint density at radius 1 is 1.33 bits per heavy atom. The summed E-state index contributed by atoms with van der Waals surface area (Å²) in [5.41, 5.74) is 3.79. The van der Waals surface area contributed by atoms with Gasteiger partial charge in [-0.2, -0.15) is 5.10 Å². The Hall–Kier alpha value is -2.63. The van der Waals surface area contributed by atoms with E-state index in [4.69, 9.17) is 0 Å². The lowest BCUT2D eigenvalue weighted by Gasteiger charge is -2.30. The van der Waals surface area contributed by atoms with Crippen LogP contribution >= 0.6 is 0 Å². The van der Waals surface area contributed by atoms with Crippen LogP contribution in [0.1, 0.15) is 46.4 Å². The van der Waals surface area contributed by atoms with Gasteiger partial charge in [-0.3, -0.25) is 9.89 Å². The summed E-state index contributed by atoms with van der Waals surface area (Å²) in [7, 11) is 1.36. The second kappa shape index (κ2) is 6.86. The standard InChI is InChI=1S/C18H21N3O3/c1-12-10-21(11-15-9-19-20-17(12)15)16(22)8-5-13-3-6-14(7-4-13)18(23)24-2/h3-4,6-7,9,12H,5,8,10-11H2,1-2H3,(H,19,20). The maximum Gasteiger partial charge on any atom is 0.337 e. The zero-order chi connectivity index (χ0) is 17.1. The topological polar surface area (TPSA) is 75.3 Å². The van der Waals surface area contributed by atoms with Crippen LogP contribution in [0.4, 0.5) is 0 Å². The first-order valence-electron chi connectivity index (χ1n) is 8.05. The summed E-state index contributed by atoms with van der Waals surface area (Å²) >= 11 is 0. The predicted molar refractivity (Wildman–Crippen MR) is 88.5 cm³/mol. The van der Waals surface area contributed by atoms with E-state index in [2.05, 4.69) is 21.9 Å². The van der Waals surface area contributed by atoms with Crippen molar-refractivity contribution in [2.75, 3.05) is 13.7 Å². The van der Waals surface area contributed by atoms with Gasteiger partial charge < -0.3 is 9.64 Å². The first-order valence-corrected chi connectivity index (χ1v) is 8.05. The molecule has 0 aliphatic carbocycles. The first kappa shape index (κ1) is 16.2. The molecule has 1 amide bonds. The molecule has 0 saturated heterocycles. The molecule has 6 heteroatoms. The SMILES string of the molecule is COC(=O)c1ccc(CCC(=O)N2Cc3cn[nH]c3C(C)C2)cc1. The molecule has 1 unspecified atom stereocenters. The van der Waals surface area contributed by atoms with Crippen molar-refractivity contribution in [2.45, 2.75) is 32.2 Å². The molecule has 1 aliphatic heterocycles. The summed E-state index contributed by atoms with van der Waals surface area (Å²) in [5.74, 6) is 0.0705. The molecule has 2 aromatic rings. The van der Waals surface area contributed by atoms with Crippen LogP contribution in [0.25, 0.3) is 0 Å². The molecule has 0 bridgehead atoms. The van der Waals surface area contributed by atoms with Gasteiger partial charge in [-0.1, -0.05) is 19.1 Å². The van der Waals surface area contributed by atoms with Gasteiger partial charge in [0, 0.05) is 36.7 Å². The van der Waals surface area contributed by atoms with E-state index >= 15 is 0 Å². The van der Waals surface area contributed by atoms with Gasteiger partial charge in [-0.05, 0) is 24.1 Å². The van der Waals surface area contributed by atoms with Crippen LogP contribution < -0.4 is 0 Å². The predicted octanol–water partition coefficient (Wildman–Crippen LogP) is 2.27. The smallest absolute Gasteiger partial charge is 0.337 e. The molecule has 1 aliphatic rings. The molecular formula is C18H21N3O3. The molecule has 2 heterocycles. The molecule has 24 heavy (non-hydrogen) atoms. The maximum absolute atomic E-state index is 12.5. The Morgan fingerprint density at radius 2 is 2.08 bits per heavy atom. The second-order valence-electron chi connectivity index (χ2n) is 6.17. The summed E-state index contributed by atoms with van der Waals surface area (Å²) in [6.45, 7) is 3.44. The number of aryl methyl sites for hydroxylation is 1. The van der Waals surface area contributed by atoms with Crippen LogP contribution in [0.3, 0.4) is 0 Å². The lowest BCUT2D eigenvalue weighted by molar-refractivity contribution is -0.132. The van der Waals surface area contributed by atoms with E-state index in [0.29, 0.717) is 24.9 Å². The van der Waals surface area contributed by atoms with Crippen LogP contribution in [0.5, 0.6) is 0 Å².